The fourth-order valence-corrected chi connectivity index (χ4v) is 1.78. The van der Waals surface area contributed by atoms with Crippen LogP contribution in [0.4, 0.5) is 0 Å². The standard InChI is InChI=1S/C17H29N3O/c1-13(2)20-16(18-6)19-11-14-8-7-9-15(10-14)12-21-17(3,4)5/h7-10,13H,11-12H2,1-6H3,(H2,18,19,20). The molecular formula is C17H29N3O. The summed E-state index contributed by atoms with van der Waals surface area (Å²) >= 11 is 0. The van der Waals surface area contributed by atoms with Crippen LogP contribution < -0.4 is 10.6 Å². The Morgan fingerprint density at radius 2 is 1.90 bits per heavy atom. The first-order valence-corrected chi connectivity index (χ1v) is 7.49. The molecule has 1 aromatic rings. The van der Waals surface area contributed by atoms with E-state index in [-0.39, 0.29) is 5.60 Å². The van der Waals surface area contributed by atoms with E-state index in [0.717, 1.165) is 12.5 Å². The molecule has 0 bridgehead atoms. The van der Waals surface area contributed by atoms with Crippen molar-refractivity contribution in [2.75, 3.05) is 7.05 Å². The van der Waals surface area contributed by atoms with E-state index in [1.165, 1.54) is 11.1 Å². The molecule has 0 spiro atoms. The molecule has 0 saturated heterocycles. The number of hydrogen-bond acceptors (Lipinski definition) is 2. The van der Waals surface area contributed by atoms with Crippen LogP contribution in [0.3, 0.4) is 0 Å². The van der Waals surface area contributed by atoms with Gasteiger partial charge in [-0.15, -0.1) is 0 Å². The molecule has 4 heteroatoms. The molecule has 21 heavy (non-hydrogen) atoms. The Morgan fingerprint density at radius 3 is 2.48 bits per heavy atom. The normalized spacial score (nSPS) is 12.6. The molecule has 0 atom stereocenters. The summed E-state index contributed by atoms with van der Waals surface area (Å²) in [7, 11) is 1.78. The highest BCUT2D eigenvalue weighted by Gasteiger charge is 2.10. The van der Waals surface area contributed by atoms with Crippen LogP contribution in [0, 0.1) is 0 Å². The van der Waals surface area contributed by atoms with Gasteiger partial charge in [0.15, 0.2) is 5.96 Å². The van der Waals surface area contributed by atoms with Gasteiger partial charge in [-0.25, -0.2) is 0 Å². The van der Waals surface area contributed by atoms with Crippen LogP contribution in [-0.2, 0) is 17.9 Å². The second-order valence-electron chi connectivity index (χ2n) is 6.45. The number of nitrogens with one attached hydrogen (secondary N) is 2. The fourth-order valence-electron chi connectivity index (χ4n) is 1.78. The first-order valence-electron chi connectivity index (χ1n) is 7.49. The zero-order chi connectivity index (χ0) is 15.9. The molecule has 4 nitrogen and oxygen atoms in total. The van der Waals surface area contributed by atoms with Gasteiger partial charge in [0.05, 0.1) is 12.2 Å². The first-order chi connectivity index (χ1) is 9.80. The van der Waals surface area contributed by atoms with Gasteiger partial charge in [-0.2, -0.15) is 0 Å². The second kappa shape index (κ2) is 8.03. The van der Waals surface area contributed by atoms with Crippen molar-refractivity contribution in [2.24, 2.45) is 4.99 Å². The molecule has 0 heterocycles. The monoisotopic (exact) mass is 291 g/mol. The molecule has 0 saturated carbocycles. The van der Waals surface area contributed by atoms with E-state index >= 15 is 0 Å². The Hall–Kier alpha value is -1.55. The smallest absolute Gasteiger partial charge is 0.191 e. The predicted molar refractivity (Wildman–Crippen MR) is 89.5 cm³/mol. The molecule has 0 fully saturated rings. The highest BCUT2D eigenvalue weighted by atomic mass is 16.5. The zero-order valence-corrected chi connectivity index (χ0v) is 14.2. The summed E-state index contributed by atoms with van der Waals surface area (Å²) in [5.41, 5.74) is 2.30. The number of aliphatic imine (C=N–C) groups is 1. The minimum Gasteiger partial charge on any atom is -0.371 e. The Morgan fingerprint density at radius 1 is 1.24 bits per heavy atom. The van der Waals surface area contributed by atoms with Crippen molar-refractivity contribution < 1.29 is 4.74 Å². The lowest BCUT2D eigenvalue weighted by Gasteiger charge is -2.20. The first kappa shape index (κ1) is 17.5. The highest BCUT2D eigenvalue weighted by Crippen LogP contribution is 2.13. The Labute approximate surface area is 129 Å². The number of ether oxygens (including phenoxy) is 1. The van der Waals surface area contributed by atoms with Gasteiger partial charge in [-0.3, -0.25) is 4.99 Å². The van der Waals surface area contributed by atoms with Crippen molar-refractivity contribution in [3.8, 4) is 0 Å². The van der Waals surface area contributed by atoms with E-state index in [4.69, 9.17) is 4.74 Å². The summed E-state index contributed by atoms with van der Waals surface area (Å²) in [6.07, 6.45) is 0. The lowest BCUT2D eigenvalue weighted by atomic mass is 10.1. The van der Waals surface area contributed by atoms with Crippen molar-refractivity contribution in [1.82, 2.24) is 10.6 Å². The van der Waals surface area contributed by atoms with Crippen LogP contribution in [0.2, 0.25) is 0 Å². The van der Waals surface area contributed by atoms with Crippen molar-refractivity contribution in [3.05, 3.63) is 35.4 Å². The molecule has 0 aliphatic carbocycles. The van der Waals surface area contributed by atoms with E-state index in [1.807, 2.05) is 0 Å². The van der Waals surface area contributed by atoms with Crippen molar-refractivity contribution in [1.29, 1.82) is 0 Å². The molecule has 1 rings (SSSR count). The maximum Gasteiger partial charge on any atom is 0.191 e. The van der Waals surface area contributed by atoms with Crippen molar-refractivity contribution in [3.63, 3.8) is 0 Å². The molecule has 2 N–H and O–H groups in total. The summed E-state index contributed by atoms with van der Waals surface area (Å²) in [6, 6.07) is 8.80. The average Bonchev–Trinajstić information content (AvgIpc) is 2.40. The van der Waals surface area contributed by atoms with Gasteiger partial charge in [0.1, 0.15) is 0 Å². The van der Waals surface area contributed by atoms with Crippen molar-refractivity contribution >= 4 is 5.96 Å². The molecule has 0 amide bonds. The van der Waals surface area contributed by atoms with Crippen LogP contribution >= 0.6 is 0 Å². The van der Waals surface area contributed by atoms with Crippen molar-refractivity contribution in [2.45, 2.75) is 59.4 Å². The summed E-state index contributed by atoms with van der Waals surface area (Å²) in [5, 5.41) is 6.59. The molecule has 0 radical (unpaired) electrons. The van der Waals surface area contributed by atoms with Crippen LogP contribution in [0.25, 0.3) is 0 Å². The number of rotatable bonds is 5. The van der Waals surface area contributed by atoms with Crippen LogP contribution in [0.5, 0.6) is 0 Å². The fraction of sp³-hybridized carbons (Fsp3) is 0.588. The Kier molecular flexibility index (Phi) is 6.69. The molecule has 1 aromatic carbocycles. The maximum absolute atomic E-state index is 5.81. The minimum atomic E-state index is -0.114. The molecule has 0 aliphatic heterocycles. The highest BCUT2D eigenvalue weighted by molar-refractivity contribution is 5.79. The number of benzene rings is 1. The zero-order valence-electron chi connectivity index (χ0n) is 14.2. The predicted octanol–water partition coefficient (Wildman–Crippen LogP) is 3.08. The van der Waals surface area contributed by atoms with E-state index < -0.39 is 0 Å². The Balaban J connectivity index is 2.56. The number of hydrogen-bond donors (Lipinski definition) is 2. The SMILES string of the molecule is CN=C(NCc1cccc(COC(C)(C)C)c1)NC(C)C. The van der Waals surface area contributed by atoms with Gasteiger partial charge >= 0.3 is 0 Å². The van der Waals surface area contributed by atoms with E-state index in [2.05, 4.69) is 74.5 Å². The molecule has 0 aromatic heterocycles. The van der Waals surface area contributed by atoms with Crippen LogP contribution in [-0.4, -0.2) is 24.7 Å². The maximum atomic E-state index is 5.81. The minimum absolute atomic E-state index is 0.114. The summed E-state index contributed by atoms with van der Waals surface area (Å²) < 4.78 is 5.81. The largest absolute Gasteiger partial charge is 0.371 e. The topological polar surface area (TPSA) is 45.7 Å². The molecule has 118 valence electrons. The third kappa shape index (κ3) is 7.71. The third-order valence-corrected chi connectivity index (χ3v) is 2.77. The molecular weight excluding hydrogens is 262 g/mol. The van der Waals surface area contributed by atoms with E-state index in [1.54, 1.807) is 7.05 Å². The van der Waals surface area contributed by atoms with Crippen LogP contribution in [0.1, 0.15) is 45.7 Å². The summed E-state index contributed by atoms with van der Waals surface area (Å²) in [5.74, 6) is 0.821. The van der Waals surface area contributed by atoms with E-state index in [0.29, 0.717) is 12.6 Å². The average molecular weight is 291 g/mol. The Bertz CT molecular complexity index is 461. The quantitative estimate of drug-likeness (QED) is 0.647. The van der Waals surface area contributed by atoms with Gasteiger partial charge in [0.25, 0.3) is 0 Å². The second-order valence-corrected chi connectivity index (χ2v) is 6.45. The lowest BCUT2D eigenvalue weighted by Crippen LogP contribution is -2.40. The van der Waals surface area contributed by atoms with Crippen LogP contribution in [0.15, 0.2) is 29.3 Å². The molecule has 0 unspecified atom stereocenters. The van der Waals surface area contributed by atoms with Gasteiger partial charge < -0.3 is 15.4 Å². The summed E-state index contributed by atoms with van der Waals surface area (Å²) in [4.78, 5) is 4.20. The summed E-state index contributed by atoms with van der Waals surface area (Å²) in [6.45, 7) is 11.8. The van der Waals surface area contributed by atoms with Gasteiger partial charge in [-0.05, 0) is 45.7 Å². The van der Waals surface area contributed by atoms with Gasteiger partial charge in [0, 0.05) is 19.6 Å². The lowest BCUT2D eigenvalue weighted by molar-refractivity contribution is -0.0149. The number of guanidine groups is 1. The third-order valence-electron chi connectivity index (χ3n) is 2.77. The van der Waals surface area contributed by atoms with Gasteiger partial charge in [0.2, 0.25) is 0 Å². The number of nitrogens with zero attached hydrogens (tertiary/aromatic N) is 1. The van der Waals surface area contributed by atoms with Gasteiger partial charge in [-0.1, -0.05) is 24.3 Å². The molecule has 0 aliphatic rings. The van der Waals surface area contributed by atoms with E-state index in [9.17, 15) is 0 Å².